The summed E-state index contributed by atoms with van der Waals surface area (Å²) in [5, 5.41) is 0. The van der Waals surface area contributed by atoms with Crippen LogP contribution in [0, 0.1) is 0 Å². The lowest BCUT2D eigenvalue weighted by Gasteiger charge is -2.07. The maximum atomic E-state index is 12.1. The summed E-state index contributed by atoms with van der Waals surface area (Å²) in [5.41, 5.74) is 4.48. The molecule has 25 heavy (non-hydrogen) atoms. The van der Waals surface area contributed by atoms with E-state index in [1.54, 1.807) is 0 Å². The Bertz CT molecular complexity index is 546. The predicted molar refractivity (Wildman–Crippen MR) is 103 cm³/mol. The molecule has 3 heteroatoms. The number of rotatable bonds is 11. The van der Waals surface area contributed by atoms with Crippen LogP contribution in [0.5, 0.6) is 0 Å². The van der Waals surface area contributed by atoms with Crippen molar-refractivity contribution >= 4 is 11.8 Å². The summed E-state index contributed by atoms with van der Waals surface area (Å²) in [6.07, 6.45) is 11.9. The van der Waals surface area contributed by atoms with Crippen molar-refractivity contribution in [3.05, 3.63) is 34.4 Å². The zero-order valence-electron chi connectivity index (χ0n) is 16.5. The quantitative estimate of drug-likeness (QED) is 0.268. The van der Waals surface area contributed by atoms with Gasteiger partial charge in [0.15, 0.2) is 5.78 Å². The fourth-order valence-corrected chi connectivity index (χ4v) is 3.02. The predicted octanol–water partition coefficient (Wildman–Crippen LogP) is 5.85. The summed E-state index contributed by atoms with van der Waals surface area (Å²) < 4.78 is 5.34. The highest BCUT2D eigenvalue weighted by atomic mass is 16.5. The highest BCUT2D eigenvalue weighted by Gasteiger charge is 2.24. The first kappa shape index (κ1) is 21.4. The van der Waals surface area contributed by atoms with Gasteiger partial charge in [0.2, 0.25) is 0 Å². The maximum absolute atomic E-state index is 12.1. The minimum Gasteiger partial charge on any atom is -0.461 e. The average Bonchev–Trinajstić information content (AvgIpc) is 2.88. The molecule has 0 aromatic heterocycles. The van der Waals surface area contributed by atoms with Gasteiger partial charge in [-0.25, -0.2) is 0 Å². The van der Waals surface area contributed by atoms with E-state index in [2.05, 4.69) is 33.8 Å². The number of hydrogen-bond donors (Lipinski definition) is 0. The van der Waals surface area contributed by atoms with E-state index in [4.69, 9.17) is 4.74 Å². The molecule has 0 unspecified atom stereocenters. The summed E-state index contributed by atoms with van der Waals surface area (Å²) in [4.78, 5) is 24.0. The molecule has 1 rings (SSSR count). The summed E-state index contributed by atoms with van der Waals surface area (Å²) in [7, 11) is 0. The van der Waals surface area contributed by atoms with Gasteiger partial charge in [0, 0.05) is 6.42 Å². The Balaban J connectivity index is 2.41. The first-order chi connectivity index (χ1) is 11.9. The van der Waals surface area contributed by atoms with Crippen molar-refractivity contribution in [3.63, 3.8) is 0 Å². The number of Topliss-reactive ketones (excluding diaryl/α,β-unsaturated/α-hetero) is 1. The molecule has 0 aromatic carbocycles. The van der Waals surface area contributed by atoms with Crippen LogP contribution in [0.4, 0.5) is 0 Å². The third-order valence-electron chi connectivity index (χ3n) is 4.57. The highest BCUT2D eigenvalue weighted by molar-refractivity contribution is 5.99. The Morgan fingerprint density at radius 3 is 2.56 bits per heavy atom. The number of ether oxygens (including phenoxy) is 1. The van der Waals surface area contributed by atoms with Crippen molar-refractivity contribution < 1.29 is 14.3 Å². The monoisotopic (exact) mass is 346 g/mol. The molecule has 0 radical (unpaired) electrons. The summed E-state index contributed by atoms with van der Waals surface area (Å²) in [6, 6.07) is 0. The number of unbranched alkanes of at least 4 members (excludes halogenated alkanes) is 2. The van der Waals surface area contributed by atoms with Crippen molar-refractivity contribution in [1.82, 2.24) is 0 Å². The van der Waals surface area contributed by atoms with Gasteiger partial charge in [-0.15, -0.1) is 0 Å². The fraction of sp³-hybridized carbons (Fsp3) is 0.636. The molecule has 3 nitrogen and oxygen atoms in total. The number of carbonyl (C=O) groups is 2. The van der Waals surface area contributed by atoms with Gasteiger partial charge in [0.1, 0.15) is 6.61 Å². The minimum atomic E-state index is -0.217. The zero-order valence-corrected chi connectivity index (χ0v) is 16.5. The Morgan fingerprint density at radius 2 is 1.88 bits per heavy atom. The second kappa shape index (κ2) is 11.8. The number of allylic oxidation sites excluding steroid dienone is 4. The van der Waals surface area contributed by atoms with Gasteiger partial charge >= 0.3 is 5.97 Å². The van der Waals surface area contributed by atoms with E-state index in [0.29, 0.717) is 13.0 Å². The third kappa shape index (κ3) is 8.85. The average molecular weight is 347 g/mol. The van der Waals surface area contributed by atoms with E-state index >= 15 is 0 Å². The van der Waals surface area contributed by atoms with E-state index < -0.39 is 0 Å². The molecular formula is C22H34O3. The SMILES string of the molecule is CCCCCC1=C(CC(=O)OCC=C(C)CCC=C(C)C)CCC1=O. The summed E-state index contributed by atoms with van der Waals surface area (Å²) in [5.74, 6) is 0.0138. The Labute approximate surface area is 153 Å². The van der Waals surface area contributed by atoms with Crippen molar-refractivity contribution in [2.45, 2.75) is 85.5 Å². The first-order valence-electron chi connectivity index (χ1n) is 9.62. The van der Waals surface area contributed by atoms with Crippen LogP contribution >= 0.6 is 0 Å². The molecule has 0 atom stereocenters. The number of carbonyl (C=O) groups excluding carboxylic acids is 2. The van der Waals surface area contributed by atoms with Crippen LogP contribution < -0.4 is 0 Å². The summed E-state index contributed by atoms with van der Waals surface area (Å²) >= 11 is 0. The van der Waals surface area contributed by atoms with Gasteiger partial charge < -0.3 is 4.74 Å². The van der Waals surface area contributed by atoms with Crippen LogP contribution in [-0.4, -0.2) is 18.4 Å². The van der Waals surface area contributed by atoms with Gasteiger partial charge in [-0.1, -0.05) is 42.6 Å². The summed E-state index contributed by atoms with van der Waals surface area (Å²) in [6.45, 7) is 8.74. The molecular weight excluding hydrogens is 312 g/mol. The lowest BCUT2D eigenvalue weighted by atomic mass is 10.0. The second-order valence-corrected chi connectivity index (χ2v) is 7.19. The lowest BCUT2D eigenvalue weighted by molar-refractivity contribution is -0.141. The van der Waals surface area contributed by atoms with Crippen LogP contribution in [0.1, 0.15) is 85.5 Å². The molecule has 1 aliphatic carbocycles. The van der Waals surface area contributed by atoms with E-state index in [-0.39, 0.29) is 18.2 Å². The minimum absolute atomic E-state index is 0.217. The lowest BCUT2D eigenvalue weighted by Crippen LogP contribution is -2.07. The standard InChI is InChI=1S/C22H34O3/c1-5-6-7-11-20-19(12-13-21(20)23)16-22(24)25-15-14-18(4)10-8-9-17(2)3/h9,14H,5-8,10-13,15-16H2,1-4H3. The Morgan fingerprint density at radius 1 is 1.12 bits per heavy atom. The van der Waals surface area contributed by atoms with Crippen molar-refractivity contribution in [2.75, 3.05) is 6.61 Å². The molecule has 0 saturated heterocycles. The van der Waals surface area contributed by atoms with Crippen LogP contribution in [0.15, 0.2) is 34.4 Å². The maximum Gasteiger partial charge on any atom is 0.310 e. The molecule has 0 amide bonds. The van der Waals surface area contributed by atoms with Gasteiger partial charge in [-0.3, -0.25) is 9.59 Å². The number of hydrogen-bond acceptors (Lipinski definition) is 3. The largest absolute Gasteiger partial charge is 0.461 e. The van der Waals surface area contributed by atoms with Crippen LogP contribution in [-0.2, 0) is 14.3 Å². The molecule has 0 N–H and O–H groups in total. The number of esters is 1. The van der Waals surface area contributed by atoms with Gasteiger partial charge in [-0.05, 0) is 64.5 Å². The van der Waals surface area contributed by atoms with Crippen LogP contribution in [0.2, 0.25) is 0 Å². The normalized spacial score (nSPS) is 14.9. The molecule has 1 aliphatic rings. The Hall–Kier alpha value is -1.64. The third-order valence-corrected chi connectivity index (χ3v) is 4.57. The van der Waals surface area contributed by atoms with Gasteiger partial charge in [-0.2, -0.15) is 0 Å². The van der Waals surface area contributed by atoms with E-state index in [0.717, 1.165) is 56.1 Å². The molecule has 0 bridgehead atoms. The van der Waals surface area contributed by atoms with Crippen molar-refractivity contribution in [2.24, 2.45) is 0 Å². The fourth-order valence-electron chi connectivity index (χ4n) is 3.02. The van der Waals surface area contributed by atoms with Crippen molar-refractivity contribution in [1.29, 1.82) is 0 Å². The molecule has 0 aliphatic heterocycles. The zero-order chi connectivity index (χ0) is 18.7. The van der Waals surface area contributed by atoms with Gasteiger partial charge in [0.05, 0.1) is 6.42 Å². The van der Waals surface area contributed by atoms with Crippen LogP contribution in [0.25, 0.3) is 0 Å². The van der Waals surface area contributed by atoms with Crippen LogP contribution in [0.3, 0.4) is 0 Å². The number of ketones is 1. The van der Waals surface area contributed by atoms with E-state index in [9.17, 15) is 9.59 Å². The topological polar surface area (TPSA) is 43.4 Å². The molecule has 0 spiro atoms. The molecule has 0 saturated carbocycles. The Kier molecular flexibility index (Phi) is 10.1. The van der Waals surface area contributed by atoms with Crippen molar-refractivity contribution in [3.8, 4) is 0 Å². The molecule has 140 valence electrons. The molecule has 0 fully saturated rings. The highest BCUT2D eigenvalue weighted by Crippen LogP contribution is 2.29. The van der Waals surface area contributed by atoms with Gasteiger partial charge in [0.25, 0.3) is 0 Å². The smallest absolute Gasteiger partial charge is 0.310 e. The first-order valence-corrected chi connectivity index (χ1v) is 9.62. The van der Waals surface area contributed by atoms with E-state index in [1.165, 1.54) is 11.1 Å². The molecule has 0 aromatic rings. The van der Waals surface area contributed by atoms with E-state index in [1.807, 2.05) is 6.08 Å². The second-order valence-electron chi connectivity index (χ2n) is 7.19. The molecule has 0 heterocycles.